The maximum Gasteiger partial charge on any atom is 0.140 e. The van der Waals surface area contributed by atoms with Gasteiger partial charge in [-0.25, -0.2) is 14.4 Å². The Morgan fingerprint density at radius 1 is 1.03 bits per heavy atom. The number of pyridine rings is 1. The molecule has 0 saturated carbocycles. The molecule has 0 N–H and O–H groups in total. The first-order valence-corrected chi connectivity index (χ1v) is 13.0. The van der Waals surface area contributed by atoms with E-state index in [-0.39, 0.29) is 22.8 Å². The summed E-state index contributed by atoms with van der Waals surface area (Å²) in [5, 5.41) is 4.99. The molecule has 1 aromatic carbocycles. The highest BCUT2D eigenvalue weighted by atomic mass is 79.9. The molecule has 9 heteroatoms. The van der Waals surface area contributed by atoms with Crippen LogP contribution in [0.25, 0.3) is 43.8 Å². The predicted molar refractivity (Wildman–Crippen MR) is 150 cm³/mol. The summed E-state index contributed by atoms with van der Waals surface area (Å²) in [5.74, 6) is -0.222. The first-order valence-electron chi connectivity index (χ1n) is 12.1. The number of benzene rings is 1. The van der Waals surface area contributed by atoms with E-state index in [1.807, 2.05) is 29.9 Å². The summed E-state index contributed by atoms with van der Waals surface area (Å²) in [6, 6.07) is 9.11. The van der Waals surface area contributed by atoms with Gasteiger partial charge in [-0.05, 0) is 49.7 Å². The number of aryl methyl sites for hydroxylation is 2. The maximum absolute atomic E-state index is 14.2. The second kappa shape index (κ2) is 10.8. The van der Waals surface area contributed by atoms with Crippen molar-refractivity contribution in [3.8, 4) is 21.8 Å². The molecule has 1 aliphatic rings. The first-order chi connectivity index (χ1) is 17.2. The number of nitrogens with zero attached hydrogens (tertiary/aromatic N) is 5. The highest BCUT2D eigenvalue weighted by molar-refractivity contribution is 8.93. The van der Waals surface area contributed by atoms with Gasteiger partial charge in [0, 0.05) is 78.1 Å². The van der Waals surface area contributed by atoms with Crippen molar-refractivity contribution in [2.75, 3.05) is 32.8 Å². The van der Waals surface area contributed by atoms with Gasteiger partial charge < -0.3 is 13.9 Å². The van der Waals surface area contributed by atoms with Crippen LogP contribution in [0.15, 0.2) is 54.3 Å². The Labute approximate surface area is 224 Å². The van der Waals surface area contributed by atoms with E-state index in [1.54, 1.807) is 23.5 Å². The number of thiazole rings is 1. The molecule has 0 bridgehead atoms. The van der Waals surface area contributed by atoms with Gasteiger partial charge in [-0.2, -0.15) is 0 Å². The molecule has 0 atom stereocenters. The summed E-state index contributed by atoms with van der Waals surface area (Å²) in [6.07, 6.45) is 8.24. The third-order valence-corrected chi connectivity index (χ3v) is 7.69. The van der Waals surface area contributed by atoms with Crippen LogP contribution in [0.5, 0.6) is 0 Å². The number of fused-ring (bicyclic) bond motifs is 2. The largest absolute Gasteiger partial charge is 0.379 e. The number of ether oxygens (including phenoxy) is 1. The van der Waals surface area contributed by atoms with Crippen LogP contribution in [0.4, 0.5) is 4.39 Å². The lowest BCUT2D eigenvalue weighted by Crippen LogP contribution is -2.36. The standard InChI is InChI=1S/C27H28FN5OS.BrH/c1-31-16-22(20-5-4-8-29-26(20)31)24-18-35-27(30-24)23-17-33(25-7-6-19(28)15-21(23)25)10-3-2-9-32-11-13-34-14-12-32;/h4-8,15-18H,2-3,9-14H2,1H3;1H. The summed E-state index contributed by atoms with van der Waals surface area (Å²) >= 11 is 1.60. The zero-order valence-electron chi connectivity index (χ0n) is 20.2. The molecule has 6 rings (SSSR count). The van der Waals surface area contributed by atoms with Crippen LogP contribution in [0.1, 0.15) is 12.8 Å². The molecule has 5 heterocycles. The minimum atomic E-state index is -0.222. The molecule has 0 spiro atoms. The average Bonchev–Trinajstić information content (AvgIpc) is 3.58. The predicted octanol–water partition coefficient (Wildman–Crippen LogP) is 6.15. The SMILES string of the molecule is Br.Cn1cc(-c2csc(-c3cn(CCCCN4CCOCC4)c4ccc(F)cc34)n2)c2cccnc21. The summed E-state index contributed by atoms with van der Waals surface area (Å²) in [5.41, 5.74) is 4.97. The highest BCUT2D eigenvalue weighted by Crippen LogP contribution is 2.37. The van der Waals surface area contributed by atoms with Crippen molar-refractivity contribution in [3.05, 3.63) is 60.1 Å². The fourth-order valence-corrected chi connectivity index (χ4v) is 5.85. The van der Waals surface area contributed by atoms with Gasteiger partial charge in [0.1, 0.15) is 16.5 Å². The summed E-state index contributed by atoms with van der Waals surface area (Å²) in [4.78, 5) is 12.0. The Kier molecular flexibility index (Phi) is 7.52. The number of aromatic nitrogens is 4. The van der Waals surface area contributed by atoms with E-state index in [2.05, 4.69) is 38.3 Å². The third-order valence-electron chi connectivity index (χ3n) is 6.81. The van der Waals surface area contributed by atoms with E-state index in [1.165, 1.54) is 0 Å². The van der Waals surface area contributed by atoms with Crippen molar-refractivity contribution < 1.29 is 9.13 Å². The van der Waals surface area contributed by atoms with Crippen LogP contribution in [-0.4, -0.2) is 56.9 Å². The zero-order valence-corrected chi connectivity index (χ0v) is 22.7. The van der Waals surface area contributed by atoms with E-state index in [0.717, 1.165) is 96.0 Å². The number of hydrogen-bond acceptors (Lipinski definition) is 5. The van der Waals surface area contributed by atoms with E-state index >= 15 is 0 Å². The zero-order chi connectivity index (χ0) is 23.8. The molecule has 4 aromatic heterocycles. The van der Waals surface area contributed by atoms with Crippen molar-refractivity contribution in [2.24, 2.45) is 7.05 Å². The highest BCUT2D eigenvalue weighted by Gasteiger charge is 2.17. The summed E-state index contributed by atoms with van der Waals surface area (Å²) < 4.78 is 24.0. The van der Waals surface area contributed by atoms with Crippen LogP contribution < -0.4 is 0 Å². The topological polar surface area (TPSA) is 48.1 Å². The number of rotatable bonds is 7. The second-order valence-electron chi connectivity index (χ2n) is 9.12. The molecule has 0 aliphatic carbocycles. The van der Waals surface area contributed by atoms with E-state index in [9.17, 15) is 4.39 Å². The molecule has 1 saturated heterocycles. The molecule has 0 radical (unpaired) electrons. The summed E-state index contributed by atoms with van der Waals surface area (Å²) in [7, 11) is 2.00. The van der Waals surface area contributed by atoms with Gasteiger partial charge in [0.2, 0.25) is 0 Å². The Bertz CT molecular complexity index is 1490. The molecule has 1 aliphatic heterocycles. The number of hydrogen-bond donors (Lipinski definition) is 0. The lowest BCUT2D eigenvalue weighted by atomic mass is 10.1. The van der Waals surface area contributed by atoms with Crippen molar-refractivity contribution >= 4 is 50.3 Å². The number of morpholine rings is 1. The van der Waals surface area contributed by atoms with Crippen LogP contribution in [0.3, 0.4) is 0 Å². The van der Waals surface area contributed by atoms with Gasteiger partial charge in [0.25, 0.3) is 0 Å². The maximum atomic E-state index is 14.2. The Morgan fingerprint density at radius 2 is 1.86 bits per heavy atom. The second-order valence-corrected chi connectivity index (χ2v) is 9.98. The first kappa shape index (κ1) is 25.1. The quantitative estimate of drug-likeness (QED) is 0.221. The molecular weight excluding hydrogens is 541 g/mol. The van der Waals surface area contributed by atoms with Crippen molar-refractivity contribution in [1.82, 2.24) is 24.0 Å². The molecule has 6 nitrogen and oxygen atoms in total. The van der Waals surface area contributed by atoms with Gasteiger partial charge >= 0.3 is 0 Å². The lowest BCUT2D eigenvalue weighted by Gasteiger charge is -2.26. The van der Waals surface area contributed by atoms with Crippen LogP contribution in [0, 0.1) is 5.82 Å². The van der Waals surface area contributed by atoms with Crippen LogP contribution >= 0.6 is 28.3 Å². The number of halogens is 2. The van der Waals surface area contributed by atoms with Crippen LogP contribution in [0.2, 0.25) is 0 Å². The van der Waals surface area contributed by atoms with Gasteiger partial charge in [-0.15, -0.1) is 28.3 Å². The molecule has 36 heavy (non-hydrogen) atoms. The monoisotopic (exact) mass is 569 g/mol. The normalized spacial score (nSPS) is 14.5. The van der Waals surface area contributed by atoms with Gasteiger partial charge in [0.15, 0.2) is 0 Å². The van der Waals surface area contributed by atoms with Crippen LogP contribution in [-0.2, 0) is 18.3 Å². The molecule has 0 unspecified atom stereocenters. The van der Waals surface area contributed by atoms with Crippen molar-refractivity contribution in [2.45, 2.75) is 19.4 Å². The minimum absolute atomic E-state index is 0. The fraction of sp³-hybridized carbons (Fsp3) is 0.333. The van der Waals surface area contributed by atoms with Crippen molar-refractivity contribution in [1.29, 1.82) is 0 Å². The smallest absolute Gasteiger partial charge is 0.140 e. The fourth-order valence-electron chi connectivity index (χ4n) is 5.00. The minimum Gasteiger partial charge on any atom is -0.379 e. The van der Waals surface area contributed by atoms with E-state index in [0.29, 0.717) is 0 Å². The molecule has 0 amide bonds. The Hall–Kier alpha value is -2.59. The Balaban J connectivity index is 0.00000267. The Morgan fingerprint density at radius 3 is 2.72 bits per heavy atom. The number of unbranched alkanes of at least 4 members (excludes halogenated alkanes) is 1. The van der Waals surface area contributed by atoms with E-state index < -0.39 is 0 Å². The average molecular weight is 571 g/mol. The lowest BCUT2D eigenvalue weighted by molar-refractivity contribution is 0.0371. The van der Waals surface area contributed by atoms with E-state index in [4.69, 9.17) is 9.72 Å². The molecule has 1 fully saturated rings. The molecule has 188 valence electrons. The van der Waals surface area contributed by atoms with Crippen molar-refractivity contribution in [3.63, 3.8) is 0 Å². The van der Waals surface area contributed by atoms with Gasteiger partial charge in [-0.1, -0.05) is 0 Å². The van der Waals surface area contributed by atoms with Gasteiger partial charge in [-0.3, -0.25) is 4.90 Å². The summed E-state index contributed by atoms with van der Waals surface area (Å²) in [6.45, 7) is 5.72. The molecular formula is C27H29BrFN5OS. The third kappa shape index (κ3) is 4.85. The van der Waals surface area contributed by atoms with Gasteiger partial charge in [0.05, 0.1) is 18.9 Å². The molecule has 5 aromatic rings.